The van der Waals surface area contributed by atoms with Gasteiger partial charge in [-0.25, -0.2) is 0 Å². The number of rotatable bonds is 7. The Morgan fingerprint density at radius 1 is 0.958 bits per heavy atom. The van der Waals surface area contributed by atoms with Crippen molar-refractivity contribution in [2.75, 3.05) is 4.67 Å². The second-order valence-corrected chi connectivity index (χ2v) is 11.6. The Labute approximate surface area is 146 Å². The molecule has 0 saturated carbocycles. The first kappa shape index (κ1) is 18.1. The molecule has 0 amide bonds. The molecule has 2 aromatic rings. The first-order valence-electron chi connectivity index (χ1n) is 8.41. The lowest BCUT2D eigenvalue weighted by molar-refractivity contribution is 0.1000. The van der Waals surface area contributed by atoms with Gasteiger partial charge in [0.25, 0.3) is 0 Å². The molecule has 0 atom stereocenters. The van der Waals surface area contributed by atoms with E-state index in [9.17, 15) is 4.79 Å². The lowest BCUT2D eigenvalue weighted by Gasteiger charge is -2.32. The number of ketones is 1. The van der Waals surface area contributed by atoms with Crippen LogP contribution >= 0.6 is 0 Å². The maximum absolute atomic E-state index is 12.5. The number of anilines is 1. The normalized spacial score (nSPS) is 12.1. The van der Waals surface area contributed by atoms with Crippen molar-refractivity contribution in [2.45, 2.75) is 39.4 Å². The van der Waals surface area contributed by atoms with Gasteiger partial charge < -0.3 is 0 Å². The van der Waals surface area contributed by atoms with E-state index in [2.05, 4.69) is 43.4 Å². The number of para-hydroxylation sites is 1. The van der Waals surface area contributed by atoms with Crippen LogP contribution in [-0.2, 0) is 0 Å². The van der Waals surface area contributed by atoms with Crippen molar-refractivity contribution in [2.24, 2.45) is 5.10 Å². The van der Waals surface area contributed by atoms with Crippen LogP contribution in [-0.4, -0.2) is 19.7 Å². The summed E-state index contributed by atoms with van der Waals surface area (Å²) in [5.41, 5.74) is 2.77. The van der Waals surface area contributed by atoms with Crippen molar-refractivity contribution in [1.29, 1.82) is 0 Å². The number of hydrogen-bond acceptors (Lipinski definition) is 3. The predicted octanol–water partition coefficient (Wildman–Crippen LogP) is 5.37. The molecule has 0 aromatic heterocycles. The van der Waals surface area contributed by atoms with E-state index in [0.29, 0.717) is 6.42 Å². The van der Waals surface area contributed by atoms with E-state index in [1.54, 1.807) is 0 Å². The van der Waals surface area contributed by atoms with E-state index >= 15 is 0 Å². The summed E-state index contributed by atoms with van der Waals surface area (Å²) >= 11 is 0. The van der Waals surface area contributed by atoms with Crippen molar-refractivity contribution in [3.8, 4) is 0 Å². The molecule has 2 aromatic carbocycles. The number of carbonyl (C=O) groups excluding carboxylic acids is 1. The fraction of sp³-hybridized carbons (Fsp3) is 0.300. The summed E-state index contributed by atoms with van der Waals surface area (Å²) in [6.45, 7) is 8.84. The lowest BCUT2D eigenvalue weighted by Crippen LogP contribution is -2.43. The second-order valence-electron chi connectivity index (χ2n) is 6.80. The monoisotopic (exact) mass is 338 g/mol. The largest absolute Gasteiger partial charge is 0.295 e. The van der Waals surface area contributed by atoms with Gasteiger partial charge in [-0.05, 0) is 38.2 Å². The third kappa shape index (κ3) is 4.90. The van der Waals surface area contributed by atoms with Crippen LogP contribution in [0.2, 0.25) is 19.6 Å². The summed E-state index contributed by atoms with van der Waals surface area (Å²) in [7, 11) is -1.70. The smallest absolute Gasteiger partial charge is 0.176 e. The maximum Gasteiger partial charge on any atom is 0.176 e. The van der Waals surface area contributed by atoms with Gasteiger partial charge in [0.2, 0.25) is 0 Å². The Kier molecular flexibility index (Phi) is 6.09. The summed E-state index contributed by atoms with van der Waals surface area (Å²) in [4.78, 5) is 12.5. The number of Topliss-reactive ketones (excluding diaryl/α,β-unsaturated/α-hetero) is 1. The van der Waals surface area contributed by atoms with Crippen LogP contribution < -0.4 is 4.67 Å². The van der Waals surface area contributed by atoms with Gasteiger partial charge in [-0.3, -0.25) is 9.47 Å². The molecule has 24 heavy (non-hydrogen) atoms. The third-order valence-electron chi connectivity index (χ3n) is 3.75. The summed E-state index contributed by atoms with van der Waals surface area (Å²) in [6, 6.07) is 19.7. The van der Waals surface area contributed by atoms with E-state index in [-0.39, 0.29) is 5.78 Å². The molecule has 0 aliphatic rings. The standard InChI is InChI=1S/C20H26N2OSi/c1-5-18(16-20(23)17-12-8-6-9-13-17)21-22(24(2,3)4)19-14-10-7-11-15-19/h6-15H,5,16H2,1-4H3. The van der Waals surface area contributed by atoms with E-state index in [1.807, 2.05) is 48.5 Å². The minimum atomic E-state index is -1.70. The van der Waals surface area contributed by atoms with Crippen LogP contribution in [0, 0.1) is 0 Å². The molecular weight excluding hydrogens is 312 g/mol. The van der Waals surface area contributed by atoms with Crippen LogP contribution in [0.25, 0.3) is 0 Å². The Hall–Kier alpha value is -2.20. The van der Waals surface area contributed by atoms with Gasteiger partial charge in [-0.2, -0.15) is 5.10 Å². The zero-order valence-electron chi connectivity index (χ0n) is 15.0. The molecule has 0 fully saturated rings. The third-order valence-corrected chi connectivity index (χ3v) is 5.38. The molecule has 3 nitrogen and oxygen atoms in total. The minimum absolute atomic E-state index is 0.125. The minimum Gasteiger partial charge on any atom is -0.295 e. The van der Waals surface area contributed by atoms with Crippen molar-refractivity contribution in [1.82, 2.24) is 0 Å². The number of hydrogen-bond donors (Lipinski definition) is 0. The highest BCUT2D eigenvalue weighted by atomic mass is 28.3. The van der Waals surface area contributed by atoms with Crippen LogP contribution in [0.4, 0.5) is 5.69 Å². The summed E-state index contributed by atoms with van der Waals surface area (Å²) in [5.74, 6) is 0.125. The Bertz CT molecular complexity index is 691. The highest BCUT2D eigenvalue weighted by Gasteiger charge is 2.25. The molecule has 126 valence electrons. The SMILES string of the molecule is CCC(CC(=O)c1ccccc1)=NN(c1ccccc1)[Si](C)(C)C. The van der Waals surface area contributed by atoms with Gasteiger partial charge in [-0.1, -0.05) is 55.5 Å². The van der Waals surface area contributed by atoms with Crippen molar-refractivity contribution < 1.29 is 4.79 Å². The first-order chi connectivity index (χ1) is 11.4. The molecule has 0 radical (unpaired) electrons. The van der Waals surface area contributed by atoms with E-state index in [1.165, 1.54) is 0 Å². The Morgan fingerprint density at radius 3 is 2.00 bits per heavy atom. The predicted molar refractivity (Wildman–Crippen MR) is 105 cm³/mol. The maximum atomic E-state index is 12.5. The molecule has 4 heteroatoms. The van der Waals surface area contributed by atoms with Crippen molar-refractivity contribution >= 4 is 25.4 Å². The van der Waals surface area contributed by atoms with Gasteiger partial charge >= 0.3 is 0 Å². The average Bonchev–Trinajstić information content (AvgIpc) is 2.58. The Morgan fingerprint density at radius 2 is 1.50 bits per heavy atom. The van der Waals surface area contributed by atoms with Crippen molar-refractivity contribution in [3.05, 3.63) is 66.2 Å². The number of hydrazone groups is 1. The molecule has 0 spiro atoms. The van der Waals surface area contributed by atoms with E-state index in [4.69, 9.17) is 5.10 Å². The molecule has 0 aliphatic heterocycles. The van der Waals surface area contributed by atoms with Crippen LogP contribution in [0.1, 0.15) is 30.1 Å². The topological polar surface area (TPSA) is 32.7 Å². The molecule has 0 bridgehead atoms. The zero-order chi connectivity index (χ0) is 17.6. The van der Waals surface area contributed by atoms with E-state index in [0.717, 1.165) is 23.4 Å². The lowest BCUT2D eigenvalue weighted by atomic mass is 10.0. The number of nitrogens with zero attached hydrogens (tertiary/aromatic N) is 2. The van der Waals surface area contributed by atoms with Crippen LogP contribution in [0.15, 0.2) is 65.8 Å². The average molecular weight is 339 g/mol. The number of benzene rings is 2. The molecule has 0 unspecified atom stereocenters. The van der Waals surface area contributed by atoms with Crippen LogP contribution in [0.5, 0.6) is 0 Å². The molecule has 0 N–H and O–H groups in total. The van der Waals surface area contributed by atoms with E-state index < -0.39 is 8.24 Å². The quantitative estimate of drug-likeness (QED) is 0.294. The summed E-state index contributed by atoms with van der Waals surface area (Å²) in [6.07, 6.45) is 1.14. The van der Waals surface area contributed by atoms with Gasteiger partial charge in [0.1, 0.15) is 0 Å². The zero-order valence-corrected chi connectivity index (χ0v) is 16.0. The van der Waals surface area contributed by atoms with Gasteiger partial charge in [0, 0.05) is 17.0 Å². The van der Waals surface area contributed by atoms with Gasteiger partial charge in [0.05, 0.1) is 6.42 Å². The van der Waals surface area contributed by atoms with Crippen LogP contribution in [0.3, 0.4) is 0 Å². The van der Waals surface area contributed by atoms with Crippen molar-refractivity contribution in [3.63, 3.8) is 0 Å². The highest BCUT2D eigenvalue weighted by molar-refractivity contribution is 6.79. The summed E-state index contributed by atoms with van der Waals surface area (Å²) < 4.78 is 2.14. The molecular formula is C20H26N2OSi. The van der Waals surface area contributed by atoms with Gasteiger partial charge in [-0.15, -0.1) is 0 Å². The first-order valence-corrected chi connectivity index (χ1v) is 11.9. The highest BCUT2D eigenvalue weighted by Crippen LogP contribution is 2.22. The molecule has 0 saturated heterocycles. The fourth-order valence-corrected chi connectivity index (χ4v) is 3.81. The fourth-order valence-electron chi connectivity index (χ4n) is 2.45. The number of carbonyl (C=O) groups is 1. The van der Waals surface area contributed by atoms with Gasteiger partial charge in [0.15, 0.2) is 14.0 Å². The second kappa shape index (κ2) is 8.06. The molecule has 0 heterocycles. The molecule has 2 rings (SSSR count). The molecule has 0 aliphatic carbocycles. The summed E-state index contributed by atoms with van der Waals surface area (Å²) in [5, 5.41) is 4.89. The Balaban J connectivity index is 2.27.